The summed E-state index contributed by atoms with van der Waals surface area (Å²) < 4.78 is 0. The fraction of sp³-hybridized carbons (Fsp3) is 0.579. The third kappa shape index (κ3) is 1.90. The molecular weight excluding hydrogens is 242 g/mol. The van der Waals surface area contributed by atoms with Gasteiger partial charge in [0.25, 0.3) is 0 Å². The highest BCUT2D eigenvalue weighted by atomic mass is 15.2. The average Bonchev–Trinajstić information content (AvgIpc) is 2.44. The number of para-hydroxylation sites is 1. The van der Waals surface area contributed by atoms with E-state index < -0.39 is 0 Å². The van der Waals surface area contributed by atoms with E-state index in [1.54, 1.807) is 0 Å². The first-order valence-corrected chi connectivity index (χ1v) is 8.23. The van der Waals surface area contributed by atoms with Crippen molar-refractivity contribution in [2.75, 3.05) is 11.4 Å². The molecule has 0 spiro atoms. The Hall–Kier alpha value is -1.24. The molecule has 4 bridgehead atoms. The lowest BCUT2D eigenvalue weighted by Gasteiger charge is -2.61. The molecule has 5 rings (SSSR count). The van der Waals surface area contributed by atoms with Crippen LogP contribution < -0.4 is 4.90 Å². The van der Waals surface area contributed by atoms with E-state index in [-0.39, 0.29) is 0 Å². The number of rotatable bonds is 4. The van der Waals surface area contributed by atoms with E-state index in [1.807, 2.05) is 0 Å². The summed E-state index contributed by atoms with van der Waals surface area (Å²) >= 11 is 0. The van der Waals surface area contributed by atoms with Gasteiger partial charge in [-0.25, -0.2) is 0 Å². The molecule has 0 aromatic heterocycles. The van der Waals surface area contributed by atoms with Gasteiger partial charge < -0.3 is 4.90 Å². The van der Waals surface area contributed by atoms with Crippen LogP contribution >= 0.6 is 0 Å². The molecule has 4 aliphatic carbocycles. The zero-order chi connectivity index (χ0) is 13.6. The zero-order valence-corrected chi connectivity index (χ0v) is 12.3. The summed E-state index contributed by atoms with van der Waals surface area (Å²) in [5.41, 5.74) is 1.83. The lowest BCUT2D eigenvalue weighted by atomic mass is 9.52. The highest BCUT2D eigenvalue weighted by molar-refractivity contribution is 5.50. The molecule has 4 saturated carbocycles. The van der Waals surface area contributed by atoms with Crippen molar-refractivity contribution in [2.45, 2.75) is 44.1 Å². The van der Waals surface area contributed by atoms with Crippen LogP contribution in [0.4, 0.5) is 5.69 Å². The summed E-state index contributed by atoms with van der Waals surface area (Å²) in [5.74, 6) is 2.99. The normalized spacial score (nSPS) is 37.9. The van der Waals surface area contributed by atoms with Crippen molar-refractivity contribution < 1.29 is 0 Å². The van der Waals surface area contributed by atoms with Gasteiger partial charge >= 0.3 is 0 Å². The lowest BCUT2D eigenvalue weighted by molar-refractivity contribution is -0.00333. The van der Waals surface area contributed by atoms with Gasteiger partial charge in [-0.2, -0.15) is 0 Å². The van der Waals surface area contributed by atoms with Gasteiger partial charge in [0.05, 0.1) is 0 Å². The number of nitrogens with zero attached hydrogens (tertiary/aromatic N) is 1. The third-order valence-corrected chi connectivity index (χ3v) is 5.96. The standard InChI is InChI=1S/C19H25N/c1-2-8-20(18-6-4-3-5-7-18)19-12-15-9-16(13-19)11-17(10-15)14-19/h2-7,15-17H,1,8-14H2. The Morgan fingerprint density at radius 1 is 1.00 bits per heavy atom. The first-order valence-electron chi connectivity index (χ1n) is 8.23. The molecule has 0 radical (unpaired) electrons. The first-order chi connectivity index (χ1) is 9.79. The van der Waals surface area contributed by atoms with E-state index in [0.29, 0.717) is 5.54 Å². The number of hydrogen-bond donors (Lipinski definition) is 0. The zero-order valence-electron chi connectivity index (χ0n) is 12.3. The molecule has 20 heavy (non-hydrogen) atoms. The van der Waals surface area contributed by atoms with Crippen LogP contribution in [0.5, 0.6) is 0 Å². The molecule has 0 aliphatic heterocycles. The SMILES string of the molecule is C=CCN(c1ccccc1)C12CC3CC(CC(C3)C1)C2. The van der Waals surface area contributed by atoms with Crippen molar-refractivity contribution in [2.24, 2.45) is 17.8 Å². The minimum Gasteiger partial charge on any atom is -0.362 e. The maximum atomic E-state index is 4.01. The molecule has 1 aromatic carbocycles. The number of anilines is 1. The molecule has 1 nitrogen and oxygen atoms in total. The van der Waals surface area contributed by atoms with Gasteiger partial charge in [0.15, 0.2) is 0 Å². The minimum atomic E-state index is 0.435. The van der Waals surface area contributed by atoms with Crippen molar-refractivity contribution in [3.8, 4) is 0 Å². The van der Waals surface area contributed by atoms with Crippen LogP contribution in [-0.2, 0) is 0 Å². The van der Waals surface area contributed by atoms with Crippen molar-refractivity contribution >= 4 is 5.69 Å². The summed E-state index contributed by atoms with van der Waals surface area (Å²) in [4.78, 5) is 2.68. The minimum absolute atomic E-state index is 0.435. The molecule has 0 N–H and O–H groups in total. The Morgan fingerprint density at radius 3 is 2.05 bits per heavy atom. The summed E-state index contributed by atoms with van der Waals surface area (Å²) in [6.07, 6.45) is 10.9. The number of hydrogen-bond acceptors (Lipinski definition) is 1. The fourth-order valence-electron chi connectivity index (χ4n) is 5.71. The Labute approximate surface area is 122 Å². The first kappa shape index (κ1) is 12.5. The van der Waals surface area contributed by atoms with Gasteiger partial charge in [0.2, 0.25) is 0 Å². The predicted molar refractivity (Wildman–Crippen MR) is 84.9 cm³/mol. The Morgan fingerprint density at radius 2 is 1.55 bits per heavy atom. The summed E-state index contributed by atoms with van der Waals surface area (Å²) in [6, 6.07) is 11.0. The van der Waals surface area contributed by atoms with Crippen molar-refractivity contribution in [1.29, 1.82) is 0 Å². The summed E-state index contributed by atoms with van der Waals surface area (Å²) in [7, 11) is 0. The van der Waals surface area contributed by atoms with Gasteiger partial charge in [-0.15, -0.1) is 6.58 Å². The fourth-order valence-corrected chi connectivity index (χ4v) is 5.71. The van der Waals surface area contributed by atoms with Crippen molar-refractivity contribution in [1.82, 2.24) is 0 Å². The summed E-state index contributed by atoms with van der Waals surface area (Å²) in [5, 5.41) is 0. The van der Waals surface area contributed by atoms with E-state index >= 15 is 0 Å². The Balaban J connectivity index is 1.71. The van der Waals surface area contributed by atoms with Crippen LogP contribution in [0.2, 0.25) is 0 Å². The number of benzene rings is 1. The molecule has 0 saturated heterocycles. The van der Waals surface area contributed by atoms with Crippen LogP contribution in [0.25, 0.3) is 0 Å². The second-order valence-corrected chi connectivity index (χ2v) is 7.38. The highest BCUT2D eigenvalue weighted by Gasteiger charge is 2.53. The van der Waals surface area contributed by atoms with Gasteiger partial charge in [0.1, 0.15) is 0 Å². The molecule has 0 unspecified atom stereocenters. The molecule has 0 heterocycles. The molecular formula is C19H25N. The van der Waals surface area contributed by atoms with Gasteiger partial charge in [-0.1, -0.05) is 24.3 Å². The molecule has 4 aliphatic rings. The lowest BCUT2D eigenvalue weighted by Crippen LogP contribution is -2.60. The molecule has 0 amide bonds. The van der Waals surface area contributed by atoms with Crippen molar-refractivity contribution in [3.05, 3.63) is 43.0 Å². The van der Waals surface area contributed by atoms with Gasteiger partial charge in [0, 0.05) is 17.8 Å². The average molecular weight is 267 g/mol. The van der Waals surface area contributed by atoms with E-state index in [4.69, 9.17) is 0 Å². The molecule has 0 atom stereocenters. The highest BCUT2D eigenvalue weighted by Crippen LogP contribution is 2.58. The van der Waals surface area contributed by atoms with Crippen molar-refractivity contribution in [3.63, 3.8) is 0 Å². The molecule has 4 fully saturated rings. The quantitative estimate of drug-likeness (QED) is 0.718. The van der Waals surface area contributed by atoms with E-state index in [2.05, 4.69) is 47.9 Å². The van der Waals surface area contributed by atoms with E-state index in [0.717, 1.165) is 24.3 Å². The van der Waals surface area contributed by atoms with Gasteiger partial charge in [-0.3, -0.25) is 0 Å². The van der Waals surface area contributed by atoms with Gasteiger partial charge in [-0.05, 0) is 68.4 Å². The second kappa shape index (κ2) is 4.65. The maximum Gasteiger partial charge on any atom is 0.0413 e. The summed E-state index contributed by atoms with van der Waals surface area (Å²) in [6.45, 7) is 5.01. The maximum absolute atomic E-state index is 4.01. The molecule has 106 valence electrons. The predicted octanol–water partition coefficient (Wildman–Crippen LogP) is 4.65. The molecule has 1 heteroatoms. The van der Waals surface area contributed by atoms with Crippen LogP contribution in [0.3, 0.4) is 0 Å². The monoisotopic (exact) mass is 267 g/mol. The van der Waals surface area contributed by atoms with Crippen LogP contribution in [0, 0.1) is 17.8 Å². The third-order valence-electron chi connectivity index (χ3n) is 5.96. The second-order valence-electron chi connectivity index (χ2n) is 7.38. The Bertz CT molecular complexity index is 454. The Kier molecular flexibility index (Phi) is 2.90. The van der Waals surface area contributed by atoms with E-state index in [1.165, 1.54) is 44.2 Å². The van der Waals surface area contributed by atoms with Crippen LogP contribution in [0.15, 0.2) is 43.0 Å². The topological polar surface area (TPSA) is 3.24 Å². The molecule has 1 aromatic rings. The van der Waals surface area contributed by atoms with Crippen LogP contribution in [0.1, 0.15) is 38.5 Å². The van der Waals surface area contributed by atoms with Crippen LogP contribution in [-0.4, -0.2) is 12.1 Å². The smallest absolute Gasteiger partial charge is 0.0413 e. The largest absolute Gasteiger partial charge is 0.362 e. The van der Waals surface area contributed by atoms with E-state index in [9.17, 15) is 0 Å².